The Hall–Kier alpha value is -2.08. The number of hydrogen-bond donors (Lipinski definition) is 2. The van der Waals surface area contributed by atoms with Gasteiger partial charge in [-0.1, -0.05) is 24.4 Å². The van der Waals surface area contributed by atoms with Gasteiger partial charge in [0.25, 0.3) is 0 Å². The number of benzene rings is 1. The number of rotatable bonds is 6. The fourth-order valence-electron chi connectivity index (χ4n) is 1.86. The molecule has 1 aromatic carbocycles. The van der Waals surface area contributed by atoms with Gasteiger partial charge in [-0.25, -0.2) is 0 Å². The lowest BCUT2D eigenvalue weighted by Gasteiger charge is -2.06. The SMILES string of the molecule is CNC(=O)CCCOc1c(C(N)=S)oc2ccccc12. The van der Waals surface area contributed by atoms with E-state index in [-0.39, 0.29) is 10.9 Å². The molecule has 0 radical (unpaired) electrons. The van der Waals surface area contributed by atoms with Crippen molar-refractivity contribution in [2.45, 2.75) is 12.8 Å². The molecule has 2 aromatic rings. The highest BCUT2D eigenvalue weighted by atomic mass is 32.1. The molecule has 0 saturated heterocycles. The number of ether oxygens (including phenoxy) is 1. The van der Waals surface area contributed by atoms with Gasteiger partial charge in [-0.05, 0) is 18.6 Å². The van der Waals surface area contributed by atoms with Gasteiger partial charge in [0, 0.05) is 13.5 Å². The van der Waals surface area contributed by atoms with E-state index in [0.29, 0.717) is 36.5 Å². The van der Waals surface area contributed by atoms with Crippen LogP contribution >= 0.6 is 12.2 Å². The number of nitrogens with two attached hydrogens (primary N) is 1. The van der Waals surface area contributed by atoms with E-state index < -0.39 is 0 Å². The molecule has 0 atom stereocenters. The topological polar surface area (TPSA) is 77.5 Å². The molecule has 0 aliphatic carbocycles. The number of nitrogens with one attached hydrogen (secondary N) is 1. The average molecular weight is 292 g/mol. The molecular weight excluding hydrogens is 276 g/mol. The van der Waals surface area contributed by atoms with Crippen molar-refractivity contribution < 1.29 is 13.9 Å². The summed E-state index contributed by atoms with van der Waals surface area (Å²) in [5, 5.41) is 3.39. The number of hydrogen-bond acceptors (Lipinski definition) is 4. The fraction of sp³-hybridized carbons (Fsp3) is 0.286. The van der Waals surface area contributed by atoms with Crippen LogP contribution in [0.15, 0.2) is 28.7 Å². The van der Waals surface area contributed by atoms with Crippen molar-refractivity contribution >= 4 is 34.1 Å². The van der Waals surface area contributed by atoms with Gasteiger partial charge in [-0.15, -0.1) is 0 Å². The van der Waals surface area contributed by atoms with E-state index in [2.05, 4.69) is 5.32 Å². The summed E-state index contributed by atoms with van der Waals surface area (Å²) in [5.41, 5.74) is 6.32. The Morgan fingerprint density at radius 1 is 1.45 bits per heavy atom. The zero-order valence-electron chi connectivity index (χ0n) is 11.1. The minimum absolute atomic E-state index is 0.0137. The van der Waals surface area contributed by atoms with E-state index in [1.165, 1.54) is 0 Å². The third-order valence-corrected chi connectivity index (χ3v) is 3.03. The third-order valence-electron chi connectivity index (χ3n) is 2.85. The second-order valence-corrected chi connectivity index (χ2v) is 4.69. The lowest BCUT2D eigenvalue weighted by molar-refractivity contribution is -0.120. The Labute approximate surface area is 122 Å². The number of amides is 1. The molecule has 0 unspecified atom stereocenters. The molecule has 0 fully saturated rings. The monoisotopic (exact) mass is 292 g/mol. The summed E-state index contributed by atoms with van der Waals surface area (Å²) in [4.78, 5) is 11.3. The predicted octanol–water partition coefficient (Wildman–Crippen LogP) is 1.97. The predicted molar refractivity (Wildman–Crippen MR) is 80.9 cm³/mol. The summed E-state index contributed by atoms with van der Waals surface area (Å²) in [6.45, 7) is 0.395. The molecule has 1 aromatic heterocycles. The normalized spacial score (nSPS) is 10.4. The quantitative estimate of drug-likeness (QED) is 0.629. The van der Waals surface area contributed by atoms with Crippen LogP contribution in [0.1, 0.15) is 18.6 Å². The van der Waals surface area contributed by atoms with E-state index in [9.17, 15) is 4.79 Å². The van der Waals surface area contributed by atoms with E-state index in [1.807, 2.05) is 24.3 Å². The van der Waals surface area contributed by atoms with Crippen molar-refractivity contribution in [3.8, 4) is 5.75 Å². The Kier molecular flexibility index (Phi) is 4.57. The molecular formula is C14H16N2O3S. The van der Waals surface area contributed by atoms with Crippen molar-refractivity contribution in [1.82, 2.24) is 5.32 Å². The largest absolute Gasteiger partial charge is 0.489 e. The lowest BCUT2D eigenvalue weighted by atomic mass is 10.2. The van der Waals surface area contributed by atoms with Crippen molar-refractivity contribution in [2.24, 2.45) is 5.73 Å². The molecule has 1 amide bonds. The molecule has 0 bridgehead atoms. The van der Waals surface area contributed by atoms with Crippen LogP contribution in [0.5, 0.6) is 5.75 Å². The standard InChI is InChI=1S/C14H16N2O3S/c1-16-11(17)7-4-8-18-12-9-5-2-3-6-10(9)19-13(12)14(15)20/h2-3,5-6H,4,7-8H2,1H3,(H2,15,20)(H,16,17). The van der Waals surface area contributed by atoms with Gasteiger partial charge in [0.2, 0.25) is 11.7 Å². The molecule has 20 heavy (non-hydrogen) atoms. The zero-order chi connectivity index (χ0) is 14.5. The highest BCUT2D eigenvalue weighted by molar-refractivity contribution is 7.80. The van der Waals surface area contributed by atoms with Crippen LogP contribution in [0.3, 0.4) is 0 Å². The third kappa shape index (κ3) is 3.08. The van der Waals surface area contributed by atoms with Gasteiger partial charge >= 0.3 is 0 Å². The van der Waals surface area contributed by atoms with Crippen molar-refractivity contribution in [1.29, 1.82) is 0 Å². The van der Waals surface area contributed by atoms with E-state index in [4.69, 9.17) is 27.1 Å². The van der Waals surface area contributed by atoms with Gasteiger partial charge in [-0.2, -0.15) is 0 Å². The summed E-state index contributed by atoms with van der Waals surface area (Å²) in [6.07, 6.45) is 1.02. The summed E-state index contributed by atoms with van der Waals surface area (Å²) in [5.74, 6) is 0.909. The Balaban J connectivity index is 2.13. The number of fused-ring (bicyclic) bond motifs is 1. The molecule has 5 nitrogen and oxygen atoms in total. The van der Waals surface area contributed by atoms with Gasteiger partial charge in [0.05, 0.1) is 12.0 Å². The number of carbonyl (C=O) groups excluding carboxylic acids is 1. The first kappa shape index (κ1) is 14.3. The average Bonchev–Trinajstić information content (AvgIpc) is 2.82. The number of para-hydroxylation sites is 1. The van der Waals surface area contributed by atoms with Crippen molar-refractivity contribution in [2.75, 3.05) is 13.7 Å². The summed E-state index contributed by atoms with van der Waals surface area (Å²) < 4.78 is 11.3. The van der Waals surface area contributed by atoms with Crippen LogP contribution in [-0.2, 0) is 4.79 Å². The molecule has 3 N–H and O–H groups in total. The minimum Gasteiger partial charge on any atom is -0.489 e. The highest BCUT2D eigenvalue weighted by Crippen LogP contribution is 2.33. The molecule has 0 aliphatic heterocycles. The van der Waals surface area contributed by atoms with Crippen LogP contribution in [0.25, 0.3) is 11.0 Å². The van der Waals surface area contributed by atoms with Gasteiger partial charge in [0.1, 0.15) is 10.6 Å². The van der Waals surface area contributed by atoms with E-state index in [0.717, 1.165) is 5.39 Å². The molecule has 106 valence electrons. The first-order valence-electron chi connectivity index (χ1n) is 6.28. The highest BCUT2D eigenvalue weighted by Gasteiger charge is 2.17. The van der Waals surface area contributed by atoms with Gasteiger partial charge in [0.15, 0.2) is 5.75 Å². The van der Waals surface area contributed by atoms with E-state index >= 15 is 0 Å². The number of carbonyl (C=O) groups is 1. The van der Waals surface area contributed by atoms with Crippen molar-refractivity contribution in [3.63, 3.8) is 0 Å². The van der Waals surface area contributed by atoms with Gasteiger partial charge in [-0.3, -0.25) is 4.79 Å². The zero-order valence-corrected chi connectivity index (χ0v) is 12.0. The maximum Gasteiger partial charge on any atom is 0.219 e. The van der Waals surface area contributed by atoms with Crippen LogP contribution in [0, 0.1) is 0 Å². The minimum atomic E-state index is -0.0137. The molecule has 0 saturated carbocycles. The van der Waals surface area contributed by atoms with Gasteiger partial charge < -0.3 is 20.2 Å². The summed E-state index contributed by atoms with van der Waals surface area (Å²) in [6, 6.07) is 7.46. The van der Waals surface area contributed by atoms with Crippen LogP contribution < -0.4 is 15.8 Å². The van der Waals surface area contributed by atoms with Crippen LogP contribution in [0.2, 0.25) is 0 Å². The maximum absolute atomic E-state index is 11.1. The Morgan fingerprint density at radius 3 is 2.90 bits per heavy atom. The first-order valence-corrected chi connectivity index (χ1v) is 6.69. The molecule has 1 heterocycles. The second-order valence-electron chi connectivity index (χ2n) is 4.25. The maximum atomic E-state index is 11.1. The number of thiocarbonyl (C=S) groups is 1. The number of furan rings is 1. The van der Waals surface area contributed by atoms with Crippen LogP contribution in [0.4, 0.5) is 0 Å². The van der Waals surface area contributed by atoms with Crippen LogP contribution in [-0.4, -0.2) is 24.6 Å². The Bertz CT molecular complexity index is 636. The Morgan fingerprint density at radius 2 is 2.20 bits per heavy atom. The lowest BCUT2D eigenvalue weighted by Crippen LogP contribution is -2.18. The molecule has 0 spiro atoms. The first-order chi connectivity index (χ1) is 9.63. The fourth-order valence-corrected chi connectivity index (χ4v) is 1.99. The molecule has 0 aliphatic rings. The molecule has 6 heteroatoms. The second kappa shape index (κ2) is 6.38. The van der Waals surface area contributed by atoms with E-state index in [1.54, 1.807) is 7.05 Å². The smallest absolute Gasteiger partial charge is 0.219 e. The summed E-state index contributed by atoms with van der Waals surface area (Å²) in [7, 11) is 1.61. The van der Waals surface area contributed by atoms with Crippen molar-refractivity contribution in [3.05, 3.63) is 30.0 Å². The summed E-state index contributed by atoms with van der Waals surface area (Å²) >= 11 is 4.97. The molecule has 2 rings (SSSR count).